The van der Waals surface area contributed by atoms with E-state index in [0.29, 0.717) is 18.8 Å². The first kappa shape index (κ1) is 16.4. The van der Waals surface area contributed by atoms with E-state index in [2.05, 4.69) is 5.32 Å². The highest BCUT2D eigenvalue weighted by Gasteiger charge is 2.49. The van der Waals surface area contributed by atoms with E-state index in [-0.39, 0.29) is 10.8 Å². The molecule has 0 radical (unpaired) electrons. The molecule has 1 aliphatic carbocycles. The van der Waals surface area contributed by atoms with Gasteiger partial charge in [-0.2, -0.15) is 4.31 Å². The van der Waals surface area contributed by atoms with Crippen LogP contribution >= 0.6 is 0 Å². The fourth-order valence-electron chi connectivity index (χ4n) is 3.47. The van der Waals surface area contributed by atoms with Crippen molar-refractivity contribution in [3.63, 3.8) is 0 Å². The maximum atomic E-state index is 13.0. The molecule has 1 aromatic carbocycles. The molecule has 1 aromatic rings. The van der Waals surface area contributed by atoms with Gasteiger partial charge >= 0.3 is 0 Å². The normalized spacial score (nSPS) is 21.4. The number of anilines is 1. The van der Waals surface area contributed by atoms with Crippen molar-refractivity contribution >= 4 is 21.6 Å². The van der Waals surface area contributed by atoms with Gasteiger partial charge in [0.05, 0.1) is 11.5 Å². The number of amides is 1. The van der Waals surface area contributed by atoms with E-state index in [1.54, 1.807) is 12.1 Å². The van der Waals surface area contributed by atoms with E-state index in [1.807, 2.05) is 0 Å². The van der Waals surface area contributed by atoms with Crippen molar-refractivity contribution in [2.45, 2.75) is 49.6 Å². The number of nitrogens with zero attached hydrogens (tertiary/aromatic N) is 1. The Morgan fingerprint density at radius 3 is 2.43 bits per heavy atom. The topological polar surface area (TPSA) is 75.7 Å². The third-order valence-corrected chi connectivity index (χ3v) is 6.48. The molecule has 7 heteroatoms. The Morgan fingerprint density at radius 1 is 1.17 bits per heavy atom. The summed E-state index contributed by atoms with van der Waals surface area (Å²) in [6.45, 7) is 2.26. The summed E-state index contributed by atoms with van der Waals surface area (Å²) in [5.41, 5.74) is -0.0746. The molecular formula is C16H22N2O4S. The minimum absolute atomic E-state index is 0.185. The zero-order valence-electron chi connectivity index (χ0n) is 13.2. The van der Waals surface area contributed by atoms with Crippen molar-refractivity contribution in [2.75, 3.05) is 18.5 Å². The van der Waals surface area contributed by atoms with Crippen molar-refractivity contribution < 1.29 is 17.9 Å². The fraction of sp³-hybridized carbons (Fsp3) is 0.562. The lowest BCUT2D eigenvalue weighted by Gasteiger charge is -2.39. The summed E-state index contributed by atoms with van der Waals surface area (Å²) in [6, 6.07) is 6.29. The van der Waals surface area contributed by atoms with Gasteiger partial charge in [0.2, 0.25) is 15.9 Å². The number of rotatable bonds is 3. The predicted octanol–water partition coefficient (Wildman–Crippen LogP) is 2.33. The van der Waals surface area contributed by atoms with E-state index >= 15 is 0 Å². The molecule has 1 heterocycles. The highest BCUT2D eigenvalue weighted by Crippen LogP contribution is 2.41. The van der Waals surface area contributed by atoms with Crippen molar-refractivity contribution in [2.24, 2.45) is 0 Å². The average molecular weight is 338 g/mol. The number of hydrogen-bond acceptors (Lipinski definition) is 4. The Bertz CT molecular complexity index is 679. The first-order valence-corrected chi connectivity index (χ1v) is 9.43. The lowest BCUT2D eigenvalue weighted by Crippen LogP contribution is -2.49. The third kappa shape index (κ3) is 3.13. The van der Waals surface area contributed by atoms with Gasteiger partial charge in [-0.25, -0.2) is 8.42 Å². The van der Waals surface area contributed by atoms with Crippen LogP contribution in [-0.2, 0) is 19.6 Å². The van der Waals surface area contributed by atoms with E-state index in [0.717, 1.165) is 32.1 Å². The Kier molecular flexibility index (Phi) is 4.44. The van der Waals surface area contributed by atoms with Crippen molar-refractivity contribution in [3.05, 3.63) is 24.3 Å². The van der Waals surface area contributed by atoms with Gasteiger partial charge in [0.15, 0.2) is 0 Å². The molecule has 2 fully saturated rings. The molecule has 1 aliphatic heterocycles. The summed E-state index contributed by atoms with van der Waals surface area (Å²) in [7, 11) is -3.60. The van der Waals surface area contributed by atoms with Gasteiger partial charge in [-0.05, 0) is 49.9 Å². The number of carbonyl (C=O) groups excluding carboxylic acids is 1. The Labute approximate surface area is 136 Å². The molecule has 0 bridgehead atoms. The van der Waals surface area contributed by atoms with Crippen LogP contribution in [0.25, 0.3) is 0 Å². The van der Waals surface area contributed by atoms with Gasteiger partial charge in [-0.1, -0.05) is 6.42 Å². The van der Waals surface area contributed by atoms with Crippen molar-refractivity contribution in [1.29, 1.82) is 0 Å². The molecule has 1 spiro atoms. The Morgan fingerprint density at radius 2 is 1.83 bits per heavy atom. The van der Waals surface area contributed by atoms with Gasteiger partial charge in [-0.15, -0.1) is 0 Å². The number of sulfonamides is 1. The summed E-state index contributed by atoms with van der Waals surface area (Å²) in [4.78, 5) is 11.3. The predicted molar refractivity (Wildman–Crippen MR) is 86.4 cm³/mol. The maximum absolute atomic E-state index is 13.0. The van der Waals surface area contributed by atoms with Crippen LogP contribution in [0.2, 0.25) is 0 Å². The van der Waals surface area contributed by atoms with Crippen LogP contribution in [0.1, 0.15) is 39.0 Å². The Balaban J connectivity index is 1.87. The molecular weight excluding hydrogens is 316 g/mol. The molecule has 1 N–H and O–H groups in total. The van der Waals surface area contributed by atoms with Crippen LogP contribution in [0, 0.1) is 0 Å². The van der Waals surface area contributed by atoms with Gasteiger partial charge < -0.3 is 10.1 Å². The van der Waals surface area contributed by atoms with Crippen LogP contribution in [0.5, 0.6) is 0 Å². The summed E-state index contributed by atoms with van der Waals surface area (Å²) >= 11 is 0. The van der Waals surface area contributed by atoms with Crippen LogP contribution < -0.4 is 5.32 Å². The standard InChI is InChI=1S/C16H22N2O4S/c1-13(19)17-14-5-7-15(8-6-14)23(20,21)18-11-12-22-16(18)9-3-2-4-10-16/h5-8H,2-4,9-12H2,1H3,(H,17,19). The average Bonchev–Trinajstić information content (AvgIpc) is 2.92. The van der Waals surface area contributed by atoms with Crippen LogP contribution in [0.4, 0.5) is 5.69 Å². The Hall–Kier alpha value is -1.44. The van der Waals surface area contributed by atoms with Gasteiger partial charge in [0.1, 0.15) is 5.72 Å². The number of hydrogen-bond donors (Lipinski definition) is 1. The van der Waals surface area contributed by atoms with E-state index < -0.39 is 15.7 Å². The minimum atomic E-state index is -3.60. The molecule has 1 amide bonds. The summed E-state index contributed by atoms with van der Waals surface area (Å²) < 4.78 is 33.4. The molecule has 126 valence electrons. The van der Waals surface area contributed by atoms with Gasteiger partial charge in [-0.3, -0.25) is 4.79 Å². The number of ether oxygens (including phenoxy) is 1. The molecule has 0 aromatic heterocycles. The largest absolute Gasteiger partial charge is 0.358 e. The third-order valence-electron chi connectivity index (χ3n) is 4.52. The van der Waals surface area contributed by atoms with E-state index in [1.165, 1.54) is 23.4 Å². The highest BCUT2D eigenvalue weighted by atomic mass is 32.2. The second kappa shape index (κ2) is 6.22. The molecule has 0 unspecified atom stereocenters. The van der Waals surface area contributed by atoms with E-state index in [9.17, 15) is 13.2 Å². The number of benzene rings is 1. The highest BCUT2D eigenvalue weighted by molar-refractivity contribution is 7.89. The second-order valence-electron chi connectivity index (χ2n) is 6.14. The minimum Gasteiger partial charge on any atom is -0.358 e. The molecule has 0 atom stereocenters. The van der Waals surface area contributed by atoms with Crippen LogP contribution in [0.15, 0.2) is 29.2 Å². The molecule has 6 nitrogen and oxygen atoms in total. The van der Waals surface area contributed by atoms with Crippen molar-refractivity contribution in [1.82, 2.24) is 4.31 Å². The SMILES string of the molecule is CC(=O)Nc1ccc(S(=O)(=O)N2CCOC23CCCCC3)cc1. The maximum Gasteiger partial charge on any atom is 0.245 e. The van der Waals surface area contributed by atoms with Crippen molar-refractivity contribution in [3.8, 4) is 0 Å². The lowest BCUT2D eigenvalue weighted by molar-refractivity contribution is -0.114. The molecule has 1 saturated heterocycles. The fourth-order valence-corrected chi connectivity index (χ4v) is 5.19. The zero-order valence-corrected chi connectivity index (χ0v) is 14.1. The van der Waals surface area contributed by atoms with Gasteiger partial charge in [0.25, 0.3) is 0 Å². The molecule has 1 saturated carbocycles. The quantitative estimate of drug-likeness (QED) is 0.918. The molecule has 3 rings (SSSR count). The van der Waals surface area contributed by atoms with Crippen LogP contribution in [-0.4, -0.2) is 37.5 Å². The first-order chi connectivity index (χ1) is 10.9. The van der Waals surface area contributed by atoms with Gasteiger partial charge in [0, 0.05) is 19.2 Å². The monoisotopic (exact) mass is 338 g/mol. The lowest BCUT2D eigenvalue weighted by atomic mass is 9.92. The molecule has 23 heavy (non-hydrogen) atoms. The first-order valence-electron chi connectivity index (χ1n) is 7.99. The summed E-state index contributed by atoms with van der Waals surface area (Å²) in [6.07, 6.45) is 4.64. The number of carbonyl (C=O) groups is 1. The second-order valence-corrected chi connectivity index (χ2v) is 8.00. The van der Waals surface area contributed by atoms with E-state index in [4.69, 9.17) is 4.74 Å². The smallest absolute Gasteiger partial charge is 0.245 e. The van der Waals surface area contributed by atoms with Crippen LogP contribution in [0.3, 0.4) is 0 Å². The summed E-state index contributed by atoms with van der Waals surface area (Å²) in [5.74, 6) is -0.185. The number of nitrogens with one attached hydrogen (secondary N) is 1. The molecule has 2 aliphatic rings. The zero-order chi connectivity index (χ0) is 16.5. The summed E-state index contributed by atoms with van der Waals surface area (Å²) in [5, 5.41) is 2.64.